The summed E-state index contributed by atoms with van der Waals surface area (Å²) in [6.07, 6.45) is 3.26. The molecule has 0 bridgehead atoms. The van der Waals surface area contributed by atoms with Gasteiger partial charge in [-0.3, -0.25) is 4.79 Å². The Kier molecular flexibility index (Phi) is 4.51. The molecule has 7 nitrogen and oxygen atoms in total. The highest BCUT2D eigenvalue weighted by Crippen LogP contribution is 2.23. The number of anilines is 1. The molecule has 1 atom stereocenters. The van der Waals surface area contributed by atoms with E-state index in [1.165, 1.54) is 0 Å². The van der Waals surface area contributed by atoms with E-state index in [-0.39, 0.29) is 17.9 Å². The number of rotatable bonds is 4. The summed E-state index contributed by atoms with van der Waals surface area (Å²) >= 11 is 0. The first-order valence-corrected chi connectivity index (χ1v) is 8.98. The first-order valence-electron chi connectivity index (χ1n) is 8.98. The van der Waals surface area contributed by atoms with Crippen molar-refractivity contribution in [2.24, 2.45) is 5.92 Å². The summed E-state index contributed by atoms with van der Waals surface area (Å²) in [7, 11) is 0. The Labute approximate surface area is 152 Å². The van der Waals surface area contributed by atoms with E-state index in [2.05, 4.69) is 25.5 Å². The number of piperidine rings is 1. The van der Waals surface area contributed by atoms with Crippen LogP contribution in [0, 0.1) is 5.92 Å². The number of carbonyl (C=O) groups is 1. The topological polar surface area (TPSA) is 75.4 Å². The van der Waals surface area contributed by atoms with Gasteiger partial charge in [-0.05, 0) is 37.5 Å². The number of amides is 1. The van der Waals surface area contributed by atoms with Gasteiger partial charge in [0.15, 0.2) is 5.65 Å². The third-order valence-corrected chi connectivity index (χ3v) is 5.00. The van der Waals surface area contributed by atoms with Gasteiger partial charge in [0.25, 0.3) is 0 Å². The third kappa shape index (κ3) is 3.37. The first kappa shape index (κ1) is 16.5. The molecule has 1 amide bonds. The zero-order valence-electron chi connectivity index (χ0n) is 14.7. The summed E-state index contributed by atoms with van der Waals surface area (Å²) in [5.41, 5.74) is 1.86. The SMILES string of the molecule is CC(NC(=O)C1CCN(c2ccc3nncn3n2)CC1)c1ccccc1. The minimum absolute atomic E-state index is 0.0274. The lowest BCUT2D eigenvalue weighted by Gasteiger charge is -2.32. The van der Waals surface area contributed by atoms with E-state index in [9.17, 15) is 4.79 Å². The predicted molar refractivity (Wildman–Crippen MR) is 98.7 cm³/mol. The van der Waals surface area contributed by atoms with Crippen molar-refractivity contribution >= 4 is 17.4 Å². The van der Waals surface area contributed by atoms with Gasteiger partial charge in [-0.15, -0.1) is 15.3 Å². The smallest absolute Gasteiger partial charge is 0.223 e. The molecule has 26 heavy (non-hydrogen) atoms. The van der Waals surface area contributed by atoms with Gasteiger partial charge in [-0.2, -0.15) is 4.52 Å². The molecule has 1 aliphatic rings. The van der Waals surface area contributed by atoms with Crippen molar-refractivity contribution in [3.8, 4) is 0 Å². The Morgan fingerprint density at radius 1 is 1.15 bits per heavy atom. The van der Waals surface area contributed by atoms with Gasteiger partial charge in [0.2, 0.25) is 5.91 Å². The molecule has 4 rings (SSSR count). The Bertz CT molecular complexity index is 885. The fourth-order valence-corrected chi connectivity index (χ4v) is 3.41. The van der Waals surface area contributed by atoms with Crippen LogP contribution in [0.5, 0.6) is 0 Å². The molecule has 1 unspecified atom stereocenters. The maximum atomic E-state index is 12.6. The molecule has 1 aliphatic heterocycles. The quantitative estimate of drug-likeness (QED) is 0.781. The van der Waals surface area contributed by atoms with Gasteiger partial charge < -0.3 is 10.2 Å². The fraction of sp³-hybridized carbons (Fsp3) is 0.368. The number of benzene rings is 1. The molecule has 1 N–H and O–H groups in total. The van der Waals surface area contributed by atoms with Crippen LogP contribution in [0.2, 0.25) is 0 Å². The van der Waals surface area contributed by atoms with E-state index >= 15 is 0 Å². The van der Waals surface area contributed by atoms with Gasteiger partial charge in [0.1, 0.15) is 12.1 Å². The van der Waals surface area contributed by atoms with Gasteiger partial charge in [0, 0.05) is 19.0 Å². The summed E-state index contributed by atoms with van der Waals surface area (Å²) in [5, 5.41) is 15.5. The highest BCUT2D eigenvalue weighted by molar-refractivity contribution is 5.79. The number of hydrogen-bond acceptors (Lipinski definition) is 5. The number of nitrogens with zero attached hydrogens (tertiary/aromatic N) is 5. The van der Waals surface area contributed by atoms with Gasteiger partial charge in [-0.25, -0.2) is 0 Å². The van der Waals surface area contributed by atoms with Gasteiger partial charge in [-0.1, -0.05) is 30.3 Å². The van der Waals surface area contributed by atoms with E-state index in [1.54, 1.807) is 10.8 Å². The standard InChI is InChI=1S/C19H22N6O/c1-14(15-5-3-2-4-6-15)21-19(26)16-9-11-24(12-10-16)18-8-7-17-22-20-13-25(17)23-18/h2-8,13-14,16H,9-12H2,1H3,(H,21,26). The van der Waals surface area contributed by atoms with Crippen molar-refractivity contribution in [2.75, 3.05) is 18.0 Å². The van der Waals surface area contributed by atoms with E-state index in [0.717, 1.165) is 43.0 Å². The average Bonchev–Trinajstić information content (AvgIpc) is 3.16. The Morgan fingerprint density at radius 3 is 2.69 bits per heavy atom. The summed E-state index contributed by atoms with van der Waals surface area (Å²) in [5.74, 6) is 1.09. The second-order valence-corrected chi connectivity index (χ2v) is 6.73. The van der Waals surface area contributed by atoms with E-state index in [4.69, 9.17) is 0 Å². The van der Waals surface area contributed by atoms with Crippen LogP contribution in [-0.4, -0.2) is 38.8 Å². The van der Waals surface area contributed by atoms with Crippen LogP contribution in [0.3, 0.4) is 0 Å². The highest BCUT2D eigenvalue weighted by atomic mass is 16.1. The average molecular weight is 350 g/mol. The highest BCUT2D eigenvalue weighted by Gasteiger charge is 2.26. The Hall–Kier alpha value is -2.96. The van der Waals surface area contributed by atoms with Crippen LogP contribution < -0.4 is 10.2 Å². The van der Waals surface area contributed by atoms with Crippen LogP contribution in [0.1, 0.15) is 31.4 Å². The molecule has 1 saturated heterocycles. The molecule has 7 heteroatoms. The van der Waals surface area contributed by atoms with Crippen LogP contribution in [0.15, 0.2) is 48.8 Å². The third-order valence-electron chi connectivity index (χ3n) is 5.00. The van der Waals surface area contributed by atoms with Crippen molar-refractivity contribution < 1.29 is 4.79 Å². The lowest BCUT2D eigenvalue weighted by atomic mass is 9.95. The molecule has 1 fully saturated rings. The maximum Gasteiger partial charge on any atom is 0.223 e. The minimum atomic E-state index is 0.0274. The largest absolute Gasteiger partial charge is 0.355 e. The molecular formula is C19H22N6O. The van der Waals surface area contributed by atoms with Crippen molar-refractivity contribution in [3.05, 3.63) is 54.4 Å². The normalized spacial score (nSPS) is 16.6. The molecule has 2 aromatic heterocycles. The minimum Gasteiger partial charge on any atom is -0.355 e. The van der Waals surface area contributed by atoms with E-state index in [1.807, 2.05) is 49.4 Å². The Morgan fingerprint density at radius 2 is 1.92 bits per heavy atom. The van der Waals surface area contributed by atoms with Gasteiger partial charge >= 0.3 is 0 Å². The van der Waals surface area contributed by atoms with Crippen LogP contribution in [0.4, 0.5) is 5.82 Å². The number of fused-ring (bicyclic) bond motifs is 1. The van der Waals surface area contributed by atoms with Crippen LogP contribution in [-0.2, 0) is 4.79 Å². The molecule has 3 aromatic rings. The summed E-state index contributed by atoms with van der Waals surface area (Å²) in [4.78, 5) is 14.8. The number of nitrogens with one attached hydrogen (secondary N) is 1. The monoisotopic (exact) mass is 350 g/mol. The summed E-state index contributed by atoms with van der Waals surface area (Å²) in [6, 6.07) is 14.0. The van der Waals surface area contributed by atoms with Crippen molar-refractivity contribution in [2.45, 2.75) is 25.8 Å². The number of carbonyl (C=O) groups excluding carboxylic acids is 1. The van der Waals surface area contributed by atoms with E-state index < -0.39 is 0 Å². The lowest BCUT2D eigenvalue weighted by molar-refractivity contribution is -0.126. The molecule has 0 radical (unpaired) electrons. The van der Waals surface area contributed by atoms with Gasteiger partial charge in [0.05, 0.1) is 6.04 Å². The summed E-state index contributed by atoms with van der Waals surface area (Å²) < 4.78 is 1.68. The lowest BCUT2D eigenvalue weighted by Crippen LogP contribution is -2.41. The fourth-order valence-electron chi connectivity index (χ4n) is 3.41. The molecular weight excluding hydrogens is 328 g/mol. The molecule has 3 heterocycles. The summed E-state index contributed by atoms with van der Waals surface area (Å²) in [6.45, 7) is 3.66. The Balaban J connectivity index is 1.34. The van der Waals surface area contributed by atoms with Crippen molar-refractivity contribution in [1.29, 1.82) is 0 Å². The second kappa shape index (κ2) is 7.11. The van der Waals surface area contributed by atoms with Crippen molar-refractivity contribution in [3.63, 3.8) is 0 Å². The zero-order valence-corrected chi connectivity index (χ0v) is 14.7. The van der Waals surface area contributed by atoms with Crippen LogP contribution >= 0.6 is 0 Å². The first-order chi connectivity index (χ1) is 12.7. The second-order valence-electron chi connectivity index (χ2n) is 6.73. The maximum absolute atomic E-state index is 12.6. The van der Waals surface area contributed by atoms with E-state index in [0.29, 0.717) is 0 Å². The molecule has 0 saturated carbocycles. The molecule has 0 aliphatic carbocycles. The number of aromatic nitrogens is 4. The molecule has 0 spiro atoms. The van der Waals surface area contributed by atoms with Crippen molar-refractivity contribution in [1.82, 2.24) is 25.1 Å². The molecule has 1 aromatic carbocycles. The number of hydrogen-bond donors (Lipinski definition) is 1. The zero-order chi connectivity index (χ0) is 17.9. The predicted octanol–water partition coefficient (Wildman–Crippen LogP) is 2.22. The van der Waals surface area contributed by atoms with Crippen LogP contribution in [0.25, 0.3) is 5.65 Å². The molecule has 134 valence electrons.